The summed E-state index contributed by atoms with van der Waals surface area (Å²) in [6, 6.07) is 5.68. The minimum absolute atomic E-state index is 0.239. The third-order valence-electron chi connectivity index (χ3n) is 2.69. The lowest BCUT2D eigenvalue weighted by Crippen LogP contribution is -2.29. The van der Waals surface area contributed by atoms with Crippen molar-refractivity contribution >= 4 is 5.69 Å². The van der Waals surface area contributed by atoms with Gasteiger partial charge in [0.25, 0.3) is 0 Å². The highest BCUT2D eigenvalue weighted by molar-refractivity contribution is 5.61. The van der Waals surface area contributed by atoms with Crippen LogP contribution in [0, 0.1) is 0 Å². The van der Waals surface area contributed by atoms with Gasteiger partial charge in [-0.3, -0.25) is 0 Å². The van der Waals surface area contributed by atoms with E-state index in [1.165, 1.54) is 0 Å². The van der Waals surface area contributed by atoms with E-state index in [0.29, 0.717) is 6.61 Å². The van der Waals surface area contributed by atoms with Gasteiger partial charge in [-0.1, -0.05) is 6.07 Å². The molecule has 0 aliphatic carbocycles. The fraction of sp³-hybridized carbons (Fsp3) is 0.455. The Kier molecular flexibility index (Phi) is 2.79. The van der Waals surface area contributed by atoms with Gasteiger partial charge in [0.05, 0.1) is 18.3 Å². The third-order valence-corrected chi connectivity index (χ3v) is 2.69. The number of rotatable bonds is 2. The predicted molar refractivity (Wildman–Crippen MR) is 59.2 cm³/mol. The van der Waals surface area contributed by atoms with Crippen molar-refractivity contribution in [3.8, 4) is 5.75 Å². The van der Waals surface area contributed by atoms with E-state index < -0.39 is 6.10 Å². The van der Waals surface area contributed by atoms with Gasteiger partial charge < -0.3 is 20.5 Å². The largest absolute Gasteiger partial charge is 0.490 e. The normalized spacial score (nSPS) is 16.9. The molecule has 1 heterocycles. The molecule has 0 amide bonds. The Balaban J connectivity index is 2.35. The summed E-state index contributed by atoms with van der Waals surface area (Å²) in [5, 5.41) is 9.63. The number of anilines is 1. The molecule has 15 heavy (non-hydrogen) atoms. The van der Waals surface area contributed by atoms with Crippen molar-refractivity contribution in [2.24, 2.45) is 5.73 Å². The van der Waals surface area contributed by atoms with Gasteiger partial charge in [-0.2, -0.15) is 0 Å². The van der Waals surface area contributed by atoms with Crippen molar-refractivity contribution in [1.29, 1.82) is 0 Å². The number of benzene rings is 1. The van der Waals surface area contributed by atoms with Crippen LogP contribution < -0.4 is 15.4 Å². The summed E-state index contributed by atoms with van der Waals surface area (Å²) in [6.45, 7) is 1.82. The second-order valence-electron chi connectivity index (χ2n) is 3.75. The molecule has 1 atom stereocenters. The number of aliphatic hydroxyl groups excluding tert-OH is 1. The SMILES string of the molecule is CN1CCOc2ccc([C@@H](O)CN)cc21. The van der Waals surface area contributed by atoms with Crippen LogP contribution in [0.5, 0.6) is 5.75 Å². The van der Waals surface area contributed by atoms with Gasteiger partial charge in [-0.25, -0.2) is 0 Å². The molecule has 0 saturated carbocycles. The van der Waals surface area contributed by atoms with Crippen molar-refractivity contribution in [2.45, 2.75) is 6.10 Å². The number of nitrogens with two attached hydrogens (primary N) is 1. The highest BCUT2D eigenvalue weighted by atomic mass is 16.5. The molecule has 1 aromatic carbocycles. The second-order valence-corrected chi connectivity index (χ2v) is 3.75. The topological polar surface area (TPSA) is 58.7 Å². The van der Waals surface area contributed by atoms with E-state index in [-0.39, 0.29) is 6.54 Å². The van der Waals surface area contributed by atoms with Gasteiger partial charge in [0.2, 0.25) is 0 Å². The Morgan fingerprint density at radius 1 is 1.60 bits per heavy atom. The zero-order valence-electron chi connectivity index (χ0n) is 8.81. The average Bonchev–Trinajstić information content (AvgIpc) is 2.28. The Hall–Kier alpha value is -1.26. The summed E-state index contributed by atoms with van der Waals surface area (Å²) in [5.74, 6) is 0.872. The maximum Gasteiger partial charge on any atom is 0.142 e. The lowest BCUT2D eigenvalue weighted by Gasteiger charge is -2.28. The number of ether oxygens (including phenoxy) is 1. The molecule has 1 aliphatic heterocycles. The van der Waals surface area contributed by atoms with Crippen molar-refractivity contribution in [3.63, 3.8) is 0 Å². The molecule has 0 radical (unpaired) electrons. The smallest absolute Gasteiger partial charge is 0.142 e. The lowest BCUT2D eigenvalue weighted by atomic mass is 10.1. The zero-order chi connectivity index (χ0) is 10.8. The van der Waals surface area contributed by atoms with Crippen LogP contribution in [0.2, 0.25) is 0 Å². The van der Waals surface area contributed by atoms with E-state index in [0.717, 1.165) is 23.5 Å². The minimum Gasteiger partial charge on any atom is -0.490 e. The number of hydrogen-bond donors (Lipinski definition) is 2. The Bertz CT molecular complexity index is 354. The first kappa shape index (κ1) is 10.3. The van der Waals surface area contributed by atoms with Crippen molar-refractivity contribution in [3.05, 3.63) is 23.8 Å². The second kappa shape index (κ2) is 4.08. The number of fused-ring (bicyclic) bond motifs is 1. The lowest BCUT2D eigenvalue weighted by molar-refractivity contribution is 0.186. The summed E-state index contributed by atoms with van der Waals surface area (Å²) in [5.41, 5.74) is 7.28. The summed E-state index contributed by atoms with van der Waals surface area (Å²) >= 11 is 0. The molecule has 4 heteroatoms. The van der Waals surface area contributed by atoms with Gasteiger partial charge in [0, 0.05) is 13.6 Å². The molecular weight excluding hydrogens is 192 g/mol. The molecule has 0 unspecified atom stereocenters. The van der Waals surface area contributed by atoms with Gasteiger partial charge in [0.15, 0.2) is 0 Å². The molecular formula is C11H16N2O2. The minimum atomic E-state index is -0.592. The molecule has 0 bridgehead atoms. The molecule has 3 N–H and O–H groups in total. The molecule has 0 fully saturated rings. The predicted octanol–water partition coefficient (Wildman–Crippen LogP) is 0.507. The molecule has 0 aromatic heterocycles. The van der Waals surface area contributed by atoms with Crippen LogP contribution in [0.4, 0.5) is 5.69 Å². The van der Waals surface area contributed by atoms with Crippen molar-refractivity contribution in [2.75, 3.05) is 31.6 Å². The van der Waals surface area contributed by atoms with Crippen LogP contribution >= 0.6 is 0 Å². The van der Waals surface area contributed by atoms with Crippen LogP contribution in [-0.2, 0) is 0 Å². The summed E-state index contributed by atoms with van der Waals surface area (Å²) < 4.78 is 5.51. The average molecular weight is 208 g/mol. The Morgan fingerprint density at radius 2 is 2.40 bits per heavy atom. The zero-order valence-corrected chi connectivity index (χ0v) is 8.81. The number of hydrogen-bond acceptors (Lipinski definition) is 4. The Labute approximate surface area is 89.3 Å². The van der Waals surface area contributed by atoms with Gasteiger partial charge in [-0.05, 0) is 17.7 Å². The van der Waals surface area contributed by atoms with Gasteiger partial charge >= 0.3 is 0 Å². The van der Waals surface area contributed by atoms with E-state index in [1.54, 1.807) is 0 Å². The first-order valence-electron chi connectivity index (χ1n) is 5.08. The first-order valence-corrected chi connectivity index (χ1v) is 5.08. The van der Waals surface area contributed by atoms with E-state index in [1.807, 2.05) is 25.2 Å². The van der Waals surface area contributed by atoms with Crippen LogP contribution in [0.1, 0.15) is 11.7 Å². The first-order chi connectivity index (χ1) is 7.22. The van der Waals surface area contributed by atoms with Crippen LogP contribution in [0.3, 0.4) is 0 Å². The molecule has 1 aliphatic rings. The van der Waals surface area contributed by atoms with E-state index in [9.17, 15) is 5.11 Å². The molecule has 4 nitrogen and oxygen atoms in total. The molecule has 0 spiro atoms. The van der Waals surface area contributed by atoms with Crippen LogP contribution in [0.15, 0.2) is 18.2 Å². The van der Waals surface area contributed by atoms with Crippen LogP contribution in [-0.4, -0.2) is 31.9 Å². The van der Waals surface area contributed by atoms with Crippen molar-refractivity contribution in [1.82, 2.24) is 0 Å². The highest BCUT2D eigenvalue weighted by Crippen LogP contribution is 2.32. The molecule has 1 aromatic rings. The maximum atomic E-state index is 9.63. The van der Waals surface area contributed by atoms with E-state index >= 15 is 0 Å². The monoisotopic (exact) mass is 208 g/mol. The van der Waals surface area contributed by atoms with Gasteiger partial charge in [-0.15, -0.1) is 0 Å². The number of aliphatic hydroxyl groups is 1. The third kappa shape index (κ3) is 1.91. The van der Waals surface area contributed by atoms with E-state index in [2.05, 4.69) is 4.90 Å². The van der Waals surface area contributed by atoms with Crippen LogP contribution in [0.25, 0.3) is 0 Å². The fourth-order valence-electron chi connectivity index (χ4n) is 1.71. The molecule has 0 saturated heterocycles. The molecule has 82 valence electrons. The number of nitrogens with zero attached hydrogens (tertiary/aromatic N) is 1. The Morgan fingerprint density at radius 3 is 3.13 bits per heavy atom. The maximum absolute atomic E-state index is 9.63. The number of likely N-dealkylation sites (N-methyl/N-ethyl adjacent to an activating group) is 1. The highest BCUT2D eigenvalue weighted by Gasteiger charge is 2.16. The van der Waals surface area contributed by atoms with E-state index in [4.69, 9.17) is 10.5 Å². The fourth-order valence-corrected chi connectivity index (χ4v) is 1.71. The molecule has 2 rings (SSSR count). The summed E-state index contributed by atoms with van der Waals surface area (Å²) in [6.07, 6.45) is -0.592. The standard InChI is InChI=1S/C11H16N2O2/c1-13-4-5-15-11-3-2-8(6-9(11)13)10(14)7-12/h2-3,6,10,14H,4-5,7,12H2,1H3/t10-/m0/s1. The van der Waals surface area contributed by atoms with Gasteiger partial charge in [0.1, 0.15) is 12.4 Å². The summed E-state index contributed by atoms with van der Waals surface area (Å²) in [7, 11) is 2.01. The summed E-state index contributed by atoms with van der Waals surface area (Å²) in [4.78, 5) is 2.12. The quantitative estimate of drug-likeness (QED) is 0.743. The van der Waals surface area contributed by atoms with Crippen molar-refractivity contribution < 1.29 is 9.84 Å².